The molecule has 76 valence electrons. The highest BCUT2D eigenvalue weighted by Gasteiger charge is 2.16. The summed E-state index contributed by atoms with van der Waals surface area (Å²) in [7, 11) is 1.38. The van der Waals surface area contributed by atoms with Gasteiger partial charge < -0.3 is 9.53 Å². The van der Waals surface area contributed by atoms with Gasteiger partial charge in [-0.3, -0.25) is 0 Å². The number of methoxy groups -OCH3 is 1. The molecule has 1 aromatic rings. The molecular formula is C9H7Cl2FO2. The van der Waals surface area contributed by atoms with Gasteiger partial charge in [-0.15, -0.1) is 0 Å². The van der Waals surface area contributed by atoms with Crippen molar-refractivity contribution in [1.29, 1.82) is 0 Å². The van der Waals surface area contributed by atoms with E-state index in [1.807, 2.05) is 0 Å². The Kier molecular flexibility index (Phi) is 3.72. The lowest BCUT2D eigenvalue weighted by Crippen LogP contribution is -1.97. The lowest BCUT2D eigenvalue weighted by Gasteiger charge is -2.10. The first-order valence-electron chi connectivity index (χ1n) is 3.75. The monoisotopic (exact) mass is 236 g/mol. The number of rotatable bonds is 3. The van der Waals surface area contributed by atoms with E-state index in [2.05, 4.69) is 0 Å². The SMILES string of the molecule is COc1c(Cl)cc(F)c(Cl)c1CC=O. The average Bonchev–Trinajstić information content (AvgIpc) is 2.14. The zero-order chi connectivity index (χ0) is 10.7. The van der Waals surface area contributed by atoms with Crippen LogP contribution in [-0.4, -0.2) is 13.4 Å². The molecule has 0 bridgehead atoms. The summed E-state index contributed by atoms with van der Waals surface area (Å²) in [5, 5.41) is -0.0235. The highest BCUT2D eigenvalue weighted by Crippen LogP contribution is 2.35. The third kappa shape index (κ3) is 1.99. The maximum atomic E-state index is 13.1. The topological polar surface area (TPSA) is 26.3 Å². The van der Waals surface area contributed by atoms with Crippen molar-refractivity contribution in [2.45, 2.75) is 6.42 Å². The maximum absolute atomic E-state index is 13.1. The fraction of sp³-hybridized carbons (Fsp3) is 0.222. The van der Waals surface area contributed by atoms with Crippen LogP contribution in [0.4, 0.5) is 4.39 Å². The van der Waals surface area contributed by atoms with E-state index in [9.17, 15) is 9.18 Å². The number of ether oxygens (including phenoxy) is 1. The van der Waals surface area contributed by atoms with E-state index < -0.39 is 5.82 Å². The van der Waals surface area contributed by atoms with Crippen molar-refractivity contribution >= 4 is 29.5 Å². The standard InChI is InChI=1S/C9H7Cl2FO2/c1-14-9-5(2-3-13)8(11)7(12)4-6(9)10/h3-4H,2H2,1H3. The zero-order valence-corrected chi connectivity index (χ0v) is 8.82. The van der Waals surface area contributed by atoms with Crippen LogP contribution >= 0.6 is 23.2 Å². The van der Waals surface area contributed by atoms with Crippen LogP contribution in [0.2, 0.25) is 10.0 Å². The third-order valence-corrected chi connectivity index (χ3v) is 2.40. The van der Waals surface area contributed by atoms with Crippen molar-refractivity contribution in [2.75, 3.05) is 7.11 Å². The summed E-state index contributed by atoms with van der Waals surface area (Å²) < 4.78 is 18.0. The molecule has 0 aliphatic carbocycles. The van der Waals surface area contributed by atoms with Crippen LogP contribution in [0.1, 0.15) is 5.56 Å². The molecule has 0 unspecified atom stereocenters. The van der Waals surface area contributed by atoms with Gasteiger partial charge in [0.25, 0.3) is 0 Å². The van der Waals surface area contributed by atoms with Crippen LogP contribution in [0.3, 0.4) is 0 Å². The Bertz CT molecular complexity index is 366. The summed E-state index contributed by atoms with van der Waals surface area (Å²) in [5.74, 6) is -0.417. The lowest BCUT2D eigenvalue weighted by atomic mass is 10.1. The van der Waals surface area contributed by atoms with E-state index in [1.54, 1.807) is 0 Å². The van der Waals surface area contributed by atoms with Gasteiger partial charge in [-0.1, -0.05) is 23.2 Å². The molecule has 0 spiro atoms. The Morgan fingerprint density at radius 3 is 2.71 bits per heavy atom. The van der Waals surface area contributed by atoms with Crippen LogP contribution in [0.5, 0.6) is 5.75 Å². The molecule has 0 heterocycles. The van der Waals surface area contributed by atoms with Crippen LogP contribution in [0.25, 0.3) is 0 Å². The molecule has 0 fully saturated rings. The van der Waals surface area contributed by atoms with Gasteiger partial charge in [0, 0.05) is 12.0 Å². The van der Waals surface area contributed by atoms with Crippen LogP contribution < -0.4 is 4.74 Å². The van der Waals surface area contributed by atoms with Crippen molar-refractivity contribution in [3.05, 3.63) is 27.5 Å². The molecule has 0 saturated heterocycles. The first-order valence-corrected chi connectivity index (χ1v) is 4.51. The van der Waals surface area contributed by atoms with E-state index in [-0.39, 0.29) is 27.8 Å². The highest BCUT2D eigenvalue weighted by molar-refractivity contribution is 6.35. The summed E-state index contributed by atoms with van der Waals surface area (Å²) in [6.45, 7) is 0. The molecule has 2 nitrogen and oxygen atoms in total. The van der Waals surface area contributed by atoms with Crippen molar-refractivity contribution in [3.8, 4) is 5.75 Å². The van der Waals surface area contributed by atoms with Gasteiger partial charge in [0.1, 0.15) is 17.9 Å². The number of benzene rings is 1. The van der Waals surface area contributed by atoms with E-state index >= 15 is 0 Å². The fourth-order valence-electron chi connectivity index (χ4n) is 1.11. The normalized spacial score (nSPS) is 10.0. The molecule has 0 N–H and O–H groups in total. The predicted octanol–water partition coefficient (Wildman–Crippen LogP) is 2.88. The van der Waals surface area contributed by atoms with Gasteiger partial charge in [0.2, 0.25) is 0 Å². The second-order valence-corrected chi connectivity index (χ2v) is 3.32. The van der Waals surface area contributed by atoms with Crippen molar-refractivity contribution in [3.63, 3.8) is 0 Å². The van der Waals surface area contributed by atoms with E-state index in [0.717, 1.165) is 6.07 Å². The van der Waals surface area contributed by atoms with Crippen molar-refractivity contribution in [2.24, 2.45) is 0 Å². The van der Waals surface area contributed by atoms with Gasteiger partial charge >= 0.3 is 0 Å². The minimum atomic E-state index is -0.658. The van der Waals surface area contributed by atoms with Gasteiger partial charge in [0.15, 0.2) is 0 Å². The second kappa shape index (κ2) is 4.62. The molecule has 0 radical (unpaired) electrons. The van der Waals surface area contributed by atoms with Gasteiger partial charge in [-0.05, 0) is 6.07 Å². The van der Waals surface area contributed by atoms with Gasteiger partial charge in [-0.2, -0.15) is 0 Å². The van der Waals surface area contributed by atoms with Crippen LogP contribution in [-0.2, 0) is 11.2 Å². The molecule has 0 atom stereocenters. The largest absolute Gasteiger partial charge is 0.495 e. The molecule has 0 aliphatic rings. The molecule has 1 aromatic carbocycles. The fourth-order valence-corrected chi connectivity index (χ4v) is 1.62. The molecule has 0 aromatic heterocycles. The number of aldehydes is 1. The number of carbonyl (C=O) groups excluding carboxylic acids is 1. The Balaban J connectivity index is 3.39. The lowest BCUT2D eigenvalue weighted by molar-refractivity contribution is -0.107. The first kappa shape index (κ1) is 11.3. The second-order valence-electron chi connectivity index (χ2n) is 2.54. The summed E-state index contributed by atoms with van der Waals surface area (Å²) >= 11 is 11.4. The first-order chi connectivity index (χ1) is 6.61. The molecule has 14 heavy (non-hydrogen) atoms. The average molecular weight is 237 g/mol. The minimum absolute atomic E-state index is 0.0283. The predicted molar refractivity (Wildman–Crippen MR) is 52.7 cm³/mol. The molecule has 0 saturated carbocycles. The van der Waals surface area contributed by atoms with E-state index in [1.165, 1.54) is 7.11 Å². The Morgan fingerprint density at radius 1 is 1.57 bits per heavy atom. The van der Waals surface area contributed by atoms with Crippen LogP contribution in [0.15, 0.2) is 6.07 Å². The number of hydrogen-bond donors (Lipinski definition) is 0. The van der Waals surface area contributed by atoms with Crippen molar-refractivity contribution in [1.82, 2.24) is 0 Å². The van der Waals surface area contributed by atoms with Gasteiger partial charge in [-0.25, -0.2) is 4.39 Å². The summed E-state index contributed by atoms with van der Waals surface area (Å²) in [6, 6.07) is 1.05. The molecule has 0 aliphatic heterocycles. The van der Waals surface area contributed by atoms with Crippen molar-refractivity contribution < 1.29 is 13.9 Å². The van der Waals surface area contributed by atoms with Gasteiger partial charge in [0.05, 0.1) is 17.2 Å². The molecule has 1 rings (SSSR count). The van der Waals surface area contributed by atoms with Crippen LogP contribution in [0, 0.1) is 5.82 Å². The number of halogens is 3. The zero-order valence-electron chi connectivity index (χ0n) is 7.31. The van der Waals surface area contributed by atoms with E-state index in [4.69, 9.17) is 27.9 Å². The summed E-state index contributed by atoms with van der Waals surface area (Å²) in [5.41, 5.74) is 0.272. The Morgan fingerprint density at radius 2 is 2.21 bits per heavy atom. The summed E-state index contributed by atoms with van der Waals surface area (Å²) in [4.78, 5) is 10.3. The van der Waals surface area contributed by atoms with E-state index in [0.29, 0.717) is 6.29 Å². The minimum Gasteiger partial charge on any atom is -0.495 e. The third-order valence-electron chi connectivity index (χ3n) is 1.71. The highest BCUT2D eigenvalue weighted by atomic mass is 35.5. The Hall–Kier alpha value is -0.800. The summed E-state index contributed by atoms with van der Waals surface area (Å²) in [6.07, 6.45) is 0.582. The maximum Gasteiger partial charge on any atom is 0.143 e. The molecule has 0 amide bonds. The number of carbonyl (C=O) groups is 1. The smallest absolute Gasteiger partial charge is 0.143 e. The Labute approximate surface area is 90.6 Å². The molecule has 5 heteroatoms. The number of hydrogen-bond acceptors (Lipinski definition) is 2. The quantitative estimate of drug-likeness (QED) is 0.596. The molecular weight excluding hydrogens is 230 g/mol.